The van der Waals surface area contributed by atoms with E-state index in [-0.39, 0.29) is 5.88 Å². The Morgan fingerprint density at radius 2 is 1.85 bits per heavy atom. The van der Waals surface area contributed by atoms with E-state index in [4.69, 9.17) is 11.6 Å². The third-order valence-corrected chi connectivity index (χ3v) is 2.23. The van der Waals surface area contributed by atoms with Gasteiger partial charge in [-0.2, -0.15) is 0 Å². The molecule has 0 aliphatic carbocycles. The van der Waals surface area contributed by atoms with Crippen LogP contribution in [0.25, 0.3) is 0 Å². The summed E-state index contributed by atoms with van der Waals surface area (Å²) in [5.41, 5.74) is 1.98. The van der Waals surface area contributed by atoms with Crippen LogP contribution in [-0.4, -0.2) is 25.1 Å². The van der Waals surface area contributed by atoms with Crippen molar-refractivity contribution in [3.05, 3.63) is 29.8 Å². The fourth-order valence-corrected chi connectivity index (χ4v) is 1.26. The molecular weight excluding hydrogens is 186 g/mol. The van der Waals surface area contributed by atoms with Gasteiger partial charge in [-0.05, 0) is 17.7 Å². The minimum Gasteiger partial charge on any atom is -0.387 e. The van der Waals surface area contributed by atoms with Crippen molar-refractivity contribution in [2.24, 2.45) is 0 Å². The van der Waals surface area contributed by atoms with Crippen molar-refractivity contribution < 1.29 is 5.11 Å². The SMILES string of the molecule is CN(C)c1ccc(C(O)CCl)cc1. The predicted octanol–water partition coefficient (Wildman–Crippen LogP) is 2.02. The Morgan fingerprint density at radius 1 is 1.31 bits per heavy atom. The molecule has 72 valence electrons. The Labute approximate surface area is 83.7 Å². The minimum atomic E-state index is -0.558. The van der Waals surface area contributed by atoms with Crippen LogP contribution in [0.1, 0.15) is 11.7 Å². The van der Waals surface area contributed by atoms with Gasteiger partial charge in [-0.25, -0.2) is 0 Å². The van der Waals surface area contributed by atoms with Crippen molar-refractivity contribution in [1.82, 2.24) is 0 Å². The van der Waals surface area contributed by atoms with Crippen molar-refractivity contribution in [3.63, 3.8) is 0 Å². The monoisotopic (exact) mass is 199 g/mol. The quantitative estimate of drug-likeness (QED) is 0.754. The fourth-order valence-electron chi connectivity index (χ4n) is 1.08. The van der Waals surface area contributed by atoms with Gasteiger partial charge in [0, 0.05) is 19.8 Å². The maximum absolute atomic E-state index is 9.41. The first-order chi connectivity index (χ1) is 6.15. The Morgan fingerprint density at radius 3 is 2.23 bits per heavy atom. The molecule has 0 radical (unpaired) electrons. The topological polar surface area (TPSA) is 23.5 Å². The van der Waals surface area contributed by atoms with E-state index in [0.29, 0.717) is 0 Å². The minimum absolute atomic E-state index is 0.237. The molecule has 0 bridgehead atoms. The van der Waals surface area contributed by atoms with Crippen molar-refractivity contribution in [2.45, 2.75) is 6.10 Å². The van der Waals surface area contributed by atoms with E-state index >= 15 is 0 Å². The van der Waals surface area contributed by atoms with Crippen LogP contribution in [0.3, 0.4) is 0 Å². The van der Waals surface area contributed by atoms with Crippen LogP contribution in [0.4, 0.5) is 5.69 Å². The molecule has 13 heavy (non-hydrogen) atoms. The maximum Gasteiger partial charge on any atom is 0.0925 e. The lowest BCUT2D eigenvalue weighted by molar-refractivity contribution is 0.202. The molecule has 1 aromatic rings. The molecule has 0 saturated heterocycles. The zero-order chi connectivity index (χ0) is 9.84. The van der Waals surface area contributed by atoms with Crippen LogP contribution in [0.5, 0.6) is 0 Å². The summed E-state index contributed by atoms with van der Waals surface area (Å²) in [4.78, 5) is 2.01. The number of nitrogens with zero attached hydrogens (tertiary/aromatic N) is 1. The molecule has 1 aromatic carbocycles. The normalized spacial score (nSPS) is 12.6. The predicted molar refractivity (Wildman–Crippen MR) is 56.4 cm³/mol. The van der Waals surface area contributed by atoms with Gasteiger partial charge in [0.2, 0.25) is 0 Å². The van der Waals surface area contributed by atoms with Gasteiger partial charge in [0.15, 0.2) is 0 Å². The smallest absolute Gasteiger partial charge is 0.0925 e. The van der Waals surface area contributed by atoms with Gasteiger partial charge < -0.3 is 10.0 Å². The summed E-state index contributed by atoms with van der Waals surface area (Å²) in [5, 5.41) is 9.41. The van der Waals surface area contributed by atoms with E-state index in [0.717, 1.165) is 11.3 Å². The third-order valence-electron chi connectivity index (χ3n) is 1.94. The molecule has 2 nitrogen and oxygen atoms in total. The lowest BCUT2D eigenvalue weighted by Crippen LogP contribution is -2.08. The van der Waals surface area contributed by atoms with Crippen LogP contribution in [-0.2, 0) is 0 Å². The molecule has 0 aromatic heterocycles. The van der Waals surface area contributed by atoms with Gasteiger partial charge in [-0.3, -0.25) is 0 Å². The van der Waals surface area contributed by atoms with Crippen molar-refractivity contribution in [1.29, 1.82) is 0 Å². The lowest BCUT2D eigenvalue weighted by atomic mass is 10.1. The number of rotatable bonds is 3. The average molecular weight is 200 g/mol. The highest BCUT2D eigenvalue weighted by atomic mass is 35.5. The van der Waals surface area contributed by atoms with Crippen LogP contribution < -0.4 is 4.90 Å². The fraction of sp³-hybridized carbons (Fsp3) is 0.400. The second kappa shape index (κ2) is 4.49. The van der Waals surface area contributed by atoms with Crippen molar-refractivity contribution >= 4 is 17.3 Å². The second-order valence-electron chi connectivity index (χ2n) is 3.16. The molecule has 1 N–H and O–H groups in total. The molecule has 0 aliphatic heterocycles. The van der Waals surface area contributed by atoms with Gasteiger partial charge in [0.05, 0.1) is 12.0 Å². The van der Waals surface area contributed by atoms with Gasteiger partial charge in [0.1, 0.15) is 0 Å². The Hall–Kier alpha value is -0.730. The first kappa shape index (κ1) is 10.4. The molecular formula is C10H14ClNO. The molecule has 1 rings (SSSR count). The average Bonchev–Trinajstić information content (AvgIpc) is 2.17. The van der Waals surface area contributed by atoms with Gasteiger partial charge in [-0.1, -0.05) is 12.1 Å². The zero-order valence-electron chi connectivity index (χ0n) is 7.87. The molecule has 3 heteroatoms. The number of aliphatic hydroxyl groups excluding tert-OH is 1. The summed E-state index contributed by atoms with van der Waals surface area (Å²) in [6.07, 6.45) is -0.558. The standard InChI is InChI=1S/C10H14ClNO/c1-12(2)9-5-3-8(4-6-9)10(13)7-11/h3-6,10,13H,7H2,1-2H3. The number of benzene rings is 1. The number of hydrogen-bond acceptors (Lipinski definition) is 2. The van der Waals surface area contributed by atoms with Gasteiger partial charge >= 0.3 is 0 Å². The van der Waals surface area contributed by atoms with E-state index < -0.39 is 6.10 Å². The Bertz CT molecular complexity index is 258. The number of aliphatic hydroxyl groups is 1. The van der Waals surface area contributed by atoms with Crippen LogP contribution in [0, 0.1) is 0 Å². The number of hydrogen-bond donors (Lipinski definition) is 1. The van der Waals surface area contributed by atoms with Gasteiger partial charge in [-0.15, -0.1) is 11.6 Å². The number of halogens is 1. The molecule has 0 spiro atoms. The summed E-state index contributed by atoms with van der Waals surface area (Å²) in [6.45, 7) is 0. The second-order valence-corrected chi connectivity index (χ2v) is 3.46. The molecule has 1 unspecified atom stereocenters. The summed E-state index contributed by atoms with van der Waals surface area (Å²) in [7, 11) is 3.96. The summed E-state index contributed by atoms with van der Waals surface area (Å²) >= 11 is 5.53. The Kier molecular flexibility index (Phi) is 3.58. The van der Waals surface area contributed by atoms with Gasteiger partial charge in [0.25, 0.3) is 0 Å². The largest absolute Gasteiger partial charge is 0.387 e. The van der Waals surface area contributed by atoms with Crippen LogP contribution >= 0.6 is 11.6 Å². The van der Waals surface area contributed by atoms with E-state index in [1.54, 1.807) is 0 Å². The zero-order valence-corrected chi connectivity index (χ0v) is 8.62. The molecule has 1 atom stereocenters. The highest BCUT2D eigenvalue weighted by Crippen LogP contribution is 2.18. The highest BCUT2D eigenvalue weighted by molar-refractivity contribution is 6.18. The van der Waals surface area contributed by atoms with E-state index in [9.17, 15) is 5.11 Å². The summed E-state index contributed by atoms with van der Waals surface area (Å²) in [6, 6.07) is 7.71. The van der Waals surface area contributed by atoms with Crippen molar-refractivity contribution in [2.75, 3.05) is 24.9 Å². The highest BCUT2D eigenvalue weighted by Gasteiger charge is 2.04. The first-order valence-corrected chi connectivity index (χ1v) is 4.70. The van der Waals surface area contributed by atoms with Crippen LogP contribution in [0.2, 0.25) is 0 Å². The molecule has 0 fully saturated rings. The van der Waals surface area contributed by atoms with E-state index in [2.05, 4.69) is 0 Å². The maximum atomic E-state index is 9.41. The molecule has 0 aliphatic rings. The first-order valence-electron chi connectivity index (χ1n) is 4.16. The molecule has 0 saturated carbocycles. The van der Waals surface area contributed by atoms with Crippen molar-refractivity contribution in [3.8, 4) is 0 Å². The summed E-state index contributed by atoms with van der Waals surface area (Å²) in [5.74, 6) is 0.237. The van der Waals surface area contributed by atoms with E-state index in [1.807, 2.05) is 43.3 Å². The summed E-state index contributed by atoms with van der Waals surface area (Å²) < 4.78 is 0. The number of alkyl halides is 1. The van der Waals surface area contributed by atoms with E-state index in [1.165, 1.54) is 0 Å². The lowest BCUT2D eigenvalue weighted by Gasteiger charge is -2.13. The van der Waals surface area contributed by atoms with Crippen LogP contribution in [0.15, 0.2) is 24.3 Å². The Balaban J connectivity index is 2.81. The molecule has 0 amide bonds. The molecule has 0 heterocycles. The number of anilines is 1. The third kappa shape index (κ3) is 2.61.